The Kier molecular flexibility index (Phi) is 4.33. The zero-order valence-corrected chi connectivity index (χ0v) is 10.8. The lowest BCUT2D eigenvalue weighted by molar-refractivity contribution is -0.167. The van der Waals surface area contributed by atoms with Crippen LogP contribution in [0.25, 0.3) is 0 Å². The van der Waals surface area contributed by atoms with Crippen molar-refractivity contribution in [3.63, 3.8) is 0 Å². The summed E-state index contributed by atoms with van der Waals surface area (Å²) in [6.07, 6.45) is 2.93. The molecule has 94 valence electrons. The van der Waals surface area contributed by atoms with Crippen molar-refractivity contribution >= 4 is 5.97 Å². The summed E-state index contributed by atoms with van der Waals surface area (Å²) in [5.74, 6) is -0.193. The van der Waals surface area contributed by atoms with Gasteiger partial charge in [0.1, 0.15) is 11.1 Å². The zero-order chi connectivity index (χ0) is 12.2. The molecule has 1 N–H and O–H groups in total. The number of carbonyl (C=O) groups excluding carboxylic acids is 1. The fraction of sp³-hybridized carbons (Fsp3) is 0.917. The van der Waals surface area contributed by atoms with E-state index in [9.17, 15) is 4.79 Å². The first-order chi connectivity index (χ1) is 7.40. The van der Waals surface area contributed by atoms with E-state index >= 15 is 0 Å². The number of carbonyl (C=O) groups is 1. The molecule has 0 spiro atoms. The third kappa shape index (κ3) is 3.46. The Morgan fingerprint density at radius 2 is 2.06 bits per heavy atom. The lowest BCUT2D eigenvalue weighted by atomic mass is 9.89. The molecular weight excluding hydrogens is 206 g/mol. The van der Waals surface area contributed by atoms with Crippen molar-refractivity contribution in [1.29, 1.82) is 0 Å². The van der Waals surface area contributed by atoms with E-state index in [2.05, 4.69) is 5.32 Å². The summed E-state index contributed by atoms with van der Waals surface area (Å²) >= 11 is 0. The van der Waals surface area contributed by atoms with E-state index in [1.807, 2.05) is 20.8 Å². The van der Waals surface area contributed by atoms with Gasteiger partial charge in [-0.3, -0.25) is 5.32 Å². The molecule has 0 saturated carbocycles. The van der Waals surface area contributed by atoms with Gasteiger partial charge in [-0.15, -0.1) is 0 Å². The van der Waals surface area contributed by atoms with Gasteiger partial charge in [-0.2, -0.15) is 0 Å². The third-order valence-corrected chi connectivity index (χ3v) is 2.67. The first-order valence-electron chi connectivity index (χ1n) is 5.87. The van der Waals surface area contributed by atoms with Crippen LogP contribution in [0, 0.1) is 0 Å². The minimum absolute atomic E-state index is 0.193. The lowest BCUT2D eigenvalue weighted by Gasteiger charge is -2.37. The molecule has 16 heavy (non-hydrogen) atoms. The average Bonchev–Trinajstić information content (AvgIpc) is 2.17. The number of ether oxygens (including phenoxy) is 2. The maximum absolute atomic E-state index is 12.2. The van der Waals surface area contributed by atoms with Crippen molar-refractivity contribution in [3.05, 3.63) is 0 Å². The molecule has 0 aliphatic carbocycles. The summed E-state index contributed by atoms with van der Waals surface area (Å²) < 4.78 is 10.6. The molecule has 4 nitrogen and oxygen atoms in total. The Balaban J connectivity index is 2.72. The van der Waals surface area contributed by atoms with Gasteiger partial charge in [-0.1, -0.05) is 0 Å². The van der Waals surface area contributed by atoms with E-state index in [0.29, 0.717) is 6.61 Å². The summed E-state index contributed by atoms with van der Waals surface area (Å²) in [4.78, 5) is 12.2. The third-order valence-electron chi connectivity index (χ3n) is 2.67. The summed E-state index contributed by atoms with van der Waals surface area (Å²) in [7, 11) is 1.61. The number of hydrogen-bond acceptors (Lipinski definition) is 4. The van der Waals surface area contributed by atoms with Crippen LogP contribution in [0.5, 0.6) is 0 Å². The topological polar surface area (TPSA) is 47.6 Å². The fourth-order valence-electron chi connectivity index (χ4n) is 1.95. The zero-order valence-electron chi connectivity index (χ0n) is 10.8. The Hall–Kier alpha value is -0.610. The van der Waals surface area contributed by atoms with Crippen LogP contribution in [0.2, 0.25) is 0 Å². The molecule has 1 saturated heterocycles. The van der Waals surface area contributed by atoms with E-state index in [-0.39, 0.29) is 5.97 Å². The Labute approximate surface area is 97.7 Å². The van der Waals surface area contributed by atoms with Gasteiger partial charge in [0.2, 0.25) is 0 Å². The first kappa shape index (κ1) is 13.5. The molecule has 1 fully saturated rings. The van der Waals surface area contributed by atoms with E-state index in [4.69, 9.17) is 9.47 Å². The summed E-state index contributed by atoms with van der Waals surface area (Å²) in [5.41, 5.74) is -1.09. The van der Waals surface area contributed by atoms with E-state index in [1.54, 1.807) is 7.11 Å². The Morgan fingerprint density at radius 1 is 1.38 bits per heavy atom. The van der Waals surface area contributed by atoms with Crippen molar-refractivity contribution in [1.82, 2.24) is 5.32 Å². The van der Waals surface area contributed by atoms with Gasteiger partial charge in [0.05, 0.1) is 6.61 Å². The van der Waals surface area contributed by atoms with Crippen LogP contribution in [0.4, 0.5) is 0 Å². The van der Waals surface area contributed by atoms with Crippen molar-refractivity contribution in [3.8, 4) is 0 Å². The van der Waals surface area contributed by atoms with Crippen LogP contribution >= 0.6 is 0 Å². The molecule has 0 aromatic rings. The first-order valence-corrected chi connectivity index (χ1v) is 5.87. The molecule has 4 heteroatoms. The SMILES string of the molecule is COC[C@@]1(C(=O)OC(C)(C)C)CCCCN1. The van der Waals surface area contributed by atoms with Gasteiger partial charge in [-0.05, 0) is 46.6 Å². The molecule has 0 amide bonds. The summed E-state index contributed by atoms with van der Waals surface area (Å²) in [6.45, 7) is 6.88. The lowest BCUT2D eigenvalue weighted by Crippen LogP contribution is -2.59. The fourth-order valence-corrected chi connectivity index (χ4v) is 1.95. The standard InChI is InChI=1S/C12H23NO3/c1-11(2,3)16-10(14)12(9-15-4)7-5-6-8-13-12/h13H,5-9H2,1-4H3/t12-/m1/s1. The molecule has 1 rings (SSSR count). The molecule has 0 aromatic carbocycles. The maximum atomic E-state index is 12.2. The second-order valence-electron chi connectivity index (χ2n) is 5.40. The van der Waals surface area contributed by atoms with Crippen LogP contribution in [0.15, 0.2) is 0 Å². The number of esters is 1. The maximum Gasteiger partial charge on any atom is 0.329 e. The van der Waals surface area contributed by atoms with Crippen molar-refractivity contribution in [2.24, 2.45) is 0 Å². The molecule has 0 bridgehead atoms. The van der Waals surface area contributed by atoms with Gasteiger partial charge in [0, 0.05) is 7.11 Å². The smallest absolute Gasteiger partial charge is 0.329 e. The monoisotopic (exact) mass is 229 g/mol. The highest BCUT2D eigenvalue weighted by Gasteiger charge is 2.42. The minimum atomic E-state index is -0.639. The molecule has 1 aliphatic heterocycles. The highest BCUT2D eigenvalue weighted by molar-refractivity contribution is 5.81. The van der Waals surface area contributed by atoms with E-state index < -0.39 is 11.1 Å². The molecule has 0 aromatic heterocycles. The molecule has 1 aliphatic rings. The average molecular weight is 229 g/mol. The quantitative estimate of drug-likeness (QED) is 0.745. The Bertz CT molecular complexity index is 234. The van der Waals surface area contributed by atoms with Crippen LogP contribution in [-0.4, -0.2) is 37.4 Å². The summed E-state index contributed by atoms with van der Waals surface area (Å²) in [5, 5.41) is 3.26. The minimum Gasteiger partial charge on any atom is -0.459 e. The number of hydrogen-bond donors (Lipinski definition) is 1. The summed E-state index contributed by atoms with van der Waals surface area (Å²) in [6, 6.07) is 0. The predicted molar refractivity (Wildman–Crippen MR) is 62.3 cm³/mol. The van der Waals surface area contributed by atoms with Crippen molar-refractivity contribution in [2.75, 3.05) is 20.3 Å². The van der Waals surface area contributed by atoms with Gasteiger partial charge in [-0.25, -0.2) is 4.79 Å². The van der Waals surface area contributed by atoms with Crippen LogP contribution < -0.4 is 5.32 Å². The number of rotatable bonds is 3. The second kappa shape index (κ2) is 5.15. The molecule has 1 heterocycles. The number of nitrogens with one attached hydrogen (secondary N) is 1. The largest absolute Gasteiger partial charge is 0.459 e. The molecule has 0 unspecified atom stereocenters. The van der Waals surface area contributed by atoms with Crippen molar-refractivity contribution in [2.45, 2.75) is 51.2 Å². The normalized spacial score (nSPS) is 26.5. The van der Waals surface area contributed by atoms with Gasteiger partial charge < -0.3 is 9.47 Å². The number of methoxy groups -OCH3 is 1. The van der Waals surface area contributed by atoms with Gasteiger partial charge in [0.25, 0.3) is 0 Å². The Morgan fingerprint density at radius 3 is 2.50 bits per heavy atom. The van der Waals surface area contributed by atoms with Crippen LogP contribution in [0.3, 0.4) is 0 Å². The van der Waals surface area contributed by atoms with Crippen LogP contribution in [0.1, 0.15) is 40.0 Å². The van der Waals surface area contributed by atoms with Gasteiger partial charge in [0.15, 0.2) is 0 Å². The van der Waals surface area contributed by atoms with E-state index in [0.717, 1.165) is 25.8 Å². The van der Waals surface area contributed by atoms with Crippen molar-refractivity contribution < 1.29 is 14.3 Å². The van der Waals surface area contributed by atoms with Gasteiger partial charge >= 0.3 is 5.97 Å². The highest BCUT2D eigenvalue weighted by Crippen LogP contribution is 2.23. The molecule has 0 radical (unpaired) electrons. The molecular formula is C12H23NO3. The second-order valence-corrected chi connectivity index (χ2v) is 5.40. The molecule has 1 atom stereocenters. The van der Waals surface area contributed by atoms with Crippen LogP contribution in [-0.2, 0) is 14.3 Å². The highest BCUT2D eigenvalue weighted by atomic mass is 16.6. The number of piperidine rings is 1. The predicted octanol–water partition coefficient (Wildman–Crippen LogP) is 1.49. The van der Waals surface area contributed by atoms with E-state index in [1.165, 1.54) is 0 Å².